The summed E-state index contributed by atoms with van der Waals surface area (Å²) in [6.45, 7) is 3.55. The highest BCUT2D eigenvalue weighted by Gasteiger charge is 2.27. The molecule has 0 aliphatic rings. The maximum atomic E-state index is 9.82. The van der Waals surface area contributed by atoms with Crippen LogP contribution >= 0.6 is 0 Å². The fourth-order valence-electron chi connectivity index (χ4n) is 3.36. The van der Waals surface area contributed by atoms with Gasteiger partial charge in [-0.25, -0.2) is 0 Å². The average molecular weight is 400 g/mol. The van der Waals surface area contributed by atoms with Crippen molar-refractivity contribution in [3.05, 3.63) is 35.9 Å². The first-order valence-corrected chi connectivity index (χ1v) is 9.57. The number of rotatable bonds is 13. The molecule has 1 atom stereocenters. The Morgan fingerprint density at radius 2 is 1.42 bits per heavy atom. The quantitative estimate of drug-likeness (QED) is 0.398. The van der Waals surface area contributed by atoms with Crippen LogP contribution in [0.4, 0.5) is 0 Å². The van der Waals surface area contributed by atoms with Crippen LogP contribution in [-0.4, -0.2) is 36.3 Å². The van der Waals surface area contributed by atoms with Crippen LogP contribution in [0.25, 0.3) is 0 Å². The van der Waals surface area contributed by atoms with Crippen LogP contribution in [0.5, 0.6) is 0 Å². The van der Waals surface area contributed by atoms with Gasteiger partial charge in [-0.05, 0) is 6.42 Å². The Morgan fingerprint density at radius 1 is 0.875 bits per heavy atom. The van der Waals surface area contributed by atoms with E-state index in [0.717, 1.165) is 17.4 Å². The minimum atomic E-state index is 0. The molecule has 0 saturated heterocycles. The van der Waals surface area contributed by atoms with Gasteiger partial charge in [0.15, 0.2) is 0 Å². The fraction of sp³-hybridized carbons (Fsp3) is 0.714. The molecule has 1 unspecified atom stereocenters. The molecule has 1 aromatic rings. The zero-order valence-corrected chi connectivity index (χ0v) is 17.6. The van der Waals surface area contributed by atoms with Crippen molar-refractivity contribution < 1.29 is 26.6 Å². The Labute approximate surface area is 160 Å². The smallest absolute Gasteiger partial charge is 0.112 e. The largest absolute Gasteiger partial charge is 1.00 e. The normalized spacial score (nSPS) is 12.7. The molecule has 0 aliphatic heterocycles. The summed E-state index contributed by atoms with van der Waals surface area (Å²) in [4.78, 5) is 0. The van der Waals surface area contributed by atoms with Gasteiger partial charge in [-0.2, -0.15) is 0 Å². The molecule has 1 N–H and O–H groups in total. The molecule has 0 heterocycles. The molecule has 1 aromatic carbocycles. The predicted octanol–water partition coefficient (Wildman–Crippen LogP) is 2.16. The van der Waals surface area contributed by atoms with Crippen molar-refractivity contribution in [3.8, 4) is 0 Å². The Bertz CT molecular complexity index is 394. The number of aliphatic hydroxyl groups is 1. The van der Waals surface area contributed by atoms with Gasteiger partial charge in [-0.15, -0.1) is 0 Å². The minimum absolute atomic E-state index is 0. The molecule has 0 amide bonds. The summed E-state index contributed by atoms with van der Waals surface area (Å²) >= 11 is 0. The number of nitrogens with zero attached hydrogens (tertiary/aromatic N) is 1. The van der Waals surface area contributed by atoms with Crippen LogP contribution in [-0.2, 0) is 6.54 Å². The second-order valence-corrected chi connectivity index (χ2v) is 7.52. The summed E-state index contributed by atoms with van der Waals surface area (Å²) in [7, 11) is 4.50. The van der Waals surface area contributed by atoms with E-state index in [4.69, 9.17) is 0 Å². The molecule has 0 bridgehead atoms. The highest BCUT2D eigenvalue weighted by Crippen LogP contribution is 2.19. The first-order valence-electron chi connectivity index (χ1n) is 9.57. The van der Waals surface area contributed by atoms with Gasteiger partial charge in [0.25, 0.3) is 0 Å². The summed E-state index contributed by atoms with van der Waals surface area (Å²) in [6, 6.07) is 11.0. The molecule has 3 heteroatoms. The van der Waals surface area contributed by atoms with Gasteiger partial charge in [0.2, 0.25) is 0 Å². The summed E-state index contributed by atoms with van der Waals surface area (Å²) < 4.78 is 0.872. The van der Waals surface area contributed by atoms with Crippen molar-refractivity contribution in [1.82, 2.24) is 0 Å². The van der Waals surface area contributed by atoms with E-state index in [2.05, 4.69) is 51.4 Å². The van der Waals surface area contributed by atoms with E-state index in [9.17, 15) is 5.11 Å². The topological polar surface area (TPSA) is 20.2 Å². The molecule has 0 saturated carbocycles. The zero-order chi connectivity index (χ0) is 17.0. The van der Waals surface area contributed by atoms with Crippen molar-refractivity contribution in [2.45, 2.75) is 77.3 Å². The first kappa shape index (κ1) is 23.6. The van der Waals surface area contributed by atoms with Crippen molar-refractivity contribution in [2.75, 3.05) is 20.7 Å². The molecule has 2 nitrogen and oxygen atoms in total. The van der Waals surface area contributed by atoms with E-state index >= 15 is 0 Å². The van der Waals surface area contributed by atoms with E-state index in [-0.39, 0.29) is 23.6 Å². The average Bonchev–Trinajstić information content (AvgIpc) is 2.53. The lowest BCUT2D eigenvalue weighted by Gasteiger charge is -2.37. The number of benzene rings is 1. The van der Waals surface area contributed by atoms with Crippen molar-refractivity contribution >= 4 is 0 Å². The van der Waals surface area contributed by atoms with E-state index in [0.29, 0.717) is 6.04 Å². The number of hydrogen-bond acceptors (Lipinski definition) is 1. The van der Waals surface area contributed by atoms with Gasteiger partial charge >= 0.3 is 0 Å². The molecule has 0 spiro atoms. The van der Waals surface area contributed by atoms with Gasteiger partial charge in [-0.3, -0.25) is 0 Å². The molecule has 1 rings (SSSR count). The molecule has 24 heavy (non-hydrogen) atoms. The van der Waals surface area contributed by atoms with Crippen molar-refractivity contribution in [2.24, 2.45) is 0 Å². The third kappa shape index (κ3) is 9.80. The van der Waals surface area contributed by atoms with Crippen molar-refractivity contribution in [3.63, 3.8) is 0 Å². The van der Waals surface area contributed by atoms with Gasteiger partial charge in [0.05, 0.1) is 20.7 Å². The SMILES string of the molecule is CCCCCCCCCCC(CO)[N+](C)(C)Cc1ccccc1.[Br-]. The van der Waals surface area contributed by atoms with Crippen LogP contribution in [0.15, 0.2) is 30.3 Å². The maximum absolute atomic E-state index is 9.82. The van der Waals surface area contributed by atoms with E-state index in [1.165, 1.54) is 56.9 Å². The Kier molecular flexibility index (Phi) is 13.6. The third-order valence-electron chi connectivity index (χ3n) is 5.02. The summed E-state index contributed by atoms with van der Waals surface area (Å²) in [6.07, 6.45) is 11.9. The number of hydrogen-bond donors (Lipinski definition) is 1. The maximum Gasteiger partial charge on any atom is 0.112 e. The zero-order valence-electron chi connectivity index (χ0n) is 16.0. The van der Waals surface area contributed by atoms with Crippen LogP contribution in [0.3, 0.4) is 0 Å². The standard InChI is InChI=1S/C21H38NO.BrH/c1-4-5-6-7-8-9-10-14-17-21(19-23)22(2,3)18-20-15-12-11-13-16-20;/h11-13,15-16,21,23H,4-10,14,17-19H2,1-3H3;1H/q+1;/p-1. The van der Waals surface area contributed by atoms with Gasteiger partial charge in [0, 0.05) is 12.0 Å². The highest BCUT2D eigenvalue weighted by atomic mass is 79.9. The van der Waals surface area contributed by atoms with Gasteiger partial charge < -0.3 is 26.6 Å². The fourth-order valence-corrected chi connectivity index (χ4v) is 3.36. The third-order valence-corrected chi connectivity index (χ3v) is 5.02. The lowest BCUT2D eigenvalue weighted by atomic mass is 10.0. The number of likely N-dealkylation sites (N-methyl/N-ethyl adjacent to an activating group) is 1. The molecular formula is C21H38BrNO. The van der Waals surface area contributed by atoms with E-state index in [1.807, 2.05) is 0 Å². The Hall–Kier alpha value is -0.380. The van der Waals surface area contributed by atoms with Gasteiger partial charge in [0.1, 0.15) is 12.6 Å². The number of unbranched alkanes of at least 4 members (excludes halogenated alkanes) is 7. The molecular weight excluding hydrogens is 362 g/mol. The van der Waals surface area contributed by atoms with Crippen molar-refractivity contribution in [1.29, 1.82) is 0 Å². The number of quaternary nitrogens is 1. The summed E-state index contributed by atoms with van der Waals surface area (Å²) in [5.74, 6) is 0. The Morgan fingerprint density at radius 3 is 1.96 bits per heavy atom. The van der Waals surface area contributed by atoms with Crippen LogP contribution in [0, 0.1) is 0 Å². The lowest BCUT2D eigenvalue weighted by Crippen LogP contribution is -3.00. The van der Waals surface area contributed by atoms with E-state index < -0.39 is 0 Å². The second-order valence-electron chi connectivity index (χ2n) is 7.52. The molecule has 0 radical (unpaired) electrons. The second kappa shape index (κ2) is 13.9. The minimum Gasteiger partial charge on any atom is -1.00 e. The van der Waals surface area contributed by atoms with Crippen LogP contribution in [0.2, 0.25) is 0 Å². The summed E-state index contributed by atoms with van der Waals surface area (Å²) in [5.41, 5.74) is 1.35. The molecule has 0 aromatic heterocycles. The van der Waals surface area contributed by atoms with Crippen LogP contribution in [0.1, 0.15) is 70.3 Å². The Balaban J connectivity index is 0.00000529. The van der Waals surface area contributed by atoms with Crippen LogP contribution < -0.4 is 17.0 Å². The monoisotopic (exact) mass is 399 g/mol. The molecule has 140 valence electrons. The van der Waals surface area contributed by atoms with Gasteiger partial charge in [-0.1, -0.05) is 82.2 Å². The number of aliphatic hydroxyl groups excluding tert-OH is 1. The lowest BCUT2D eigenvalue weighted by molar-refractivity contribution is -0.928. The van der Waals surface area contributed by atoms with E-state index in [1.54, 1.807) is 0 Å². The number of halogens is 1. The molecule has 0 aliphatic carbocycles. The highest BCUT2D eigenvalue weighted by molar-refractivity contribution is 5.13. The predicted molar refractivity (Wildman–Crippen MR) is 100 cm³/mol. The summed E-state index contributed by atoms with van der Waals surface area (Å²) in [5, 5.41) is 9.82. The molecule has 0 fully saturated rings. The first-order chi connectivity index (χ1) is 11.1.